The standard InChI is InChI=1S/C16H20FN3/c17-11-4-7-15-14(8-11)19-16(20(15)12-5-6-12)13-3-1-2-10(13)9-18/h4,7-8,10,12-13H,1-3,5-6,9,18H2. The van der Waals surface area contributed by atoms with E-state index in [4.69, 9.17) is 10.7 Å². The van der Waals surface area contributed by atoms with Crippen molar-refractivity contribution in [3.05, 3.63) is 29.8 Å². The first-order chi connectivity index (χ1) is 9.78. The molecule has 0 radical (unpaired) electrons. The fourth-order valence-corrected chi connectivity index (χ4v) is 3.73. The summed E-state index contributed by atoms with van der Waals surface area (Å²) in [6, 6.07) is 5.55. The Morgan fingerprint density at radius 2 is 2.10 bits per heavy atom. The topological polar surface area (TPSA) is 43.8 Å². The molecule has 0 saturated heterocycles. The molecule has 4 heteroatoms. The van der Waals surface area contributed by atoms with Crippen molar-refractivity contribution in [2.45, 2.75) is 44.1 Å². The zero-order chi connectivity index (χ0) is 13.7. The van der Waals surface area contributed by atoms with E-state index in [0.717, 1.165) is 23.4 Å². The second-order valence-electron chi connectivity index (χ2n) is 6.24. The van der Waals surface area contributed by atoms with Crippen LogP contribution >= 0.6 is 0 Å². The number of benzene rings is 1. The van der Waals surface area contributed by atoms with Crippen LogP contribution in [0.25, 0.3) is 11.0 Å². The number of halogens is 1. The van der Waals surface area contributed by atoms with Crippen LogP contribution in [0.5, 0.6) is 0 Å². The molecule has 0 spiro atoms. The minimum atomic E-state index is -0.203. The molecule has 0 aliphatic heterocycles. The predicted molar refractivity (Wildman–Crippen MR) is 77.1 cm³/mol. The lowest BCUT2D eigenvalue weighted by molar-refractivity contribution is 0.461. The molecule has 2 fully saturated rings. The zero-order valence-electron chi connectivity index (χ0n) is 11.6. The van der Waals surface area contributed by atoms with Crippen molar-refractivity contribution in [3.8, 4) is 0 Å². The third-order valence-corrected chi connectivity index (χ3v) is 4.88. The molecule has 1 aromatic carbocycles. The van der Waals surface area contributed by atoms with E-state index in [1.54, 1.807) is 12.1 Å². The average Bonchev–Trinajstić information content (AvgIpc) is 3.05. The Bertz CT molecular complexity index is 644. The number of nitrogens with zero attached hydrogens (tertiary/aromatic N) is 2. The number of nitrogens with two attached hydrogens (primary N) is 1. The van der Waals surface area contributed by atoms with Crippen LogP contribution in [0.4, 0.5) is 4.39 Å². The number of fused-ring (bicyclic) bond motifs is 1. The fourth-order valence-electron chi connectivity index (χ4n) is 3.73. The van der Waals surface area contributed by atoms with Gasteiger partial charge in [-0.1, -0.05) is 6.42 Å². The highest BCUT2D eigenvalue weighted by molar-refractivity contribution is 5.76. The lowest BCUT2D eigenvalue weighted by atomic mass is 9.95. The summed E-state index contributed by atoms with van der Waals surface area (Å²) >= 11 is 0. The summed E-state index contributed by atoms with van der Waals surface area (Å²) in [4.78, 5) is 4.78. The Balaban J connectivity index is 1.87. The Morgan fingerprint density at radius 1 is 1.25 bits per heavy atom. The minimum absolute atomic E-state index is 0.203. The van der Waals surface area contributed by atoms with Crippen molar-refractivity contribution in [3.63, 3.8) is 0 Å². The van der Waals surface area contributed by atoms with E-state index in [1.165, 1.54) is 32.1 Å². The quantitative estimate of drug-likeness (QED) is 0.932. The van der Waals surface area contributed by atoms with Gasteiger partial charge in [-0.05, 0) is 50.3 Å². The molecule has 2 N–H and O–H groups in total. The SMILES string of the molecule is NCC1CCCC1c1nc2cc(F)ccc2n1C1CC1. The first-order valence-corrected chi connectivity index (χ1v) is 7.65. The number of imidazole rings is 1. The van der Waals surface area contributed by atoms with E-state index in [-0.39, 0.29) is 5.82 Å². The molecule has 106 valence electrons. The Kier molecular flexibility index (Phi) is 2.81. The monoisotopic (exact) mass is 273 g/mol. The summed E-state index contributed by atoms with van der Waals surface area (Å²) in [5.41, 5.74) is 7.81. The molecule has 2 aliphatic carbocycles. The van der Waals surface area contributed by atoms with Crippen LogP contribution in [0, 0.1) is 11.7 Å². The Hall–Kier alpha value is -1.42. The molecule has 4 rings (SSSR count). The predicted octanol–water partition coefficient (Wildman–Crippen LogP) is 3.35. The summed E-state index contributed by atoms with van der Waals surface area (Å²) < 4.78 is 15.8. The third kappa shape index (κ3) is 1.85. The van der Waals surface area contributed by atoms with Gasteiger partial charge in [0, 0.05) is 18.0 Å². The highest BCUT2D eigenvalue weighted by Gasteiger charge is 2.35. The van der Waals surface area contributed by atoms with Crippen molar-refractivity contribution < 1.29 is 4.39 Å². The van der Waals surface area contributed by atoms with Crippen LogP contribution < -0.4 is 5.73 Å². The molecule has 2 unspecified atom stereocenters. The molecular weight excluding hydrogens is 253 g/mol. The van der Waals surface area contributed by atoms with Gasteiger partial charge in [0.05, 0.1) is 11.0 Å². The van der Waals surface area contributed by atoms with Gasteiger partial charge in [0.25, 0.3) is 0 Å². The van der Waals surface area contributed by atoms with Gasteiger partial charge in [-0.15, -0.1) is 0 Å². The smallest absolute Gasteiger partial charge is 0.125 e. The van der Waals surface area contributed by atoms with Gasteiger partial charge in [0.15, 0.2) is 0 Å². The number of aromatic nitrogens is 2. The first-order valence-electron chi connectivity index (χ1n) is 7.65. The van der Waals surface area contributed by atoms with Gasteiger partial charge in [-0.3, -0.25) is 0 Å². The molecule has 2 saturated carbocycles. The maximum absolute atomic E-state index is 13.4. The highest BCUT2D eigenvalue weighted by Crippen LogP contribution is 2.45. The van der Waals surface area contributed by atoms with Crippen LogP contribution in [0.2, 0.25) is 0 Å². The van der Waals surface area contributed by atoms with Crippen molar-refractivity contribution >= 4 is 11.0 Å². The van der Waals surface area contributed by atoms with Crippen LogP contribution in [-0.2, 0) is 0 Å². The van der Waals surface area contributed by atoms with Gasteiger partial charge >= 0.3 is 0 Å². The maximum Gasteiger partial charge on any atom is 0.125 e. The molecular formula is C16H20FN3. The molecule has 2 aliphatic rings. The summed E-state index contributed by atoms with van der Waals surface area (Å²) in [5.74, 6) is 1.94. The molecule has 1 heterocycles. The molecule has 2 aromatic rings. The van der Waals surface area contributed by atoms with Crippen LogP contribution in [-0.4, -0.2) is 16.1 Å². The van der Waals surface area contributed by atoms with E-state index >= 15 is 0 Å². The second-order valence-corrected chi connectivity index (χ2v) is 6.24. The fraction of sp³-hybridized carbons (Fsp3) is 0.562. The maximum atomic E-state index is 13.4. The van der Waals surface area contributed by atoms with Crippen molar-refractivity contribution in [2.75, 3.05) is 6.54 Å². The van der Waals surface area contributed by atoms with Crippen molar-refractivity contribution in [2.24, 2.45) is 11.7 Å². The Labute approximate surface area is 118 Å². The number of hydrogen-bond acceptors (Lipinski definition) is 2. The molecule has 3 nitrogen and oxygen atoms in total. The van der Waals surface area contributed by atoms with Crippen LogP contribution in [0.3, 0.4) is 0 Å². The second kappa shape index (κ2) is 4.55. The number of rotatable bonds is 3. The summed E-state index contributed by atoms with van der Waals surface area (Å²) in [5, 5.41) is 0. The summed E-state index contributed by atoms with van der Waals surface area (Å²) in [6.45, 7) is 0.729. The zero-order valence-corrected chi connectivity index (χ0v) is 11.6. The first kappa shape index (κ1) is 12.3. The van der Waals surface area contributed by atoms with Gasteiger partial charge in [-0.25, -0.2) is 9.37 Å². The van der Waals surface area contributed by atoms with Gasteiger partial charge < -0.3 is 10.3 Å². The van der Waals surface area contributed by atoms with E-state index in [2.05, 4.69) is 4.57 Å². The van der Waals surface area contributed by atoms with Crippen LogP contribution in [0.15, 0.2) is 18.2 Å². The summed E-state index contributed by atoms with van der Waals surface area (Å²) in [7, 11) is 0. The van der Waals surface area contributed by atoms with Crippen molar-refractivity contribution in [1.82, 2.24) is 9.55 Å². The lowest BCUT2D eigenvalue weighted by Gasteiger charge is -2.19. The van der Waals surface area contributed by atoms with E-state index in [0.29, 0.717) is 17.9 Å². The van der Waals surface area contributed by atoms with E-state index < -0.39 is 0 Å². The average molecular weight is 273 g/mol. The normalized spacial score (nSPS) is 26.5. The largest absolute Gasteiger partial charge is 0.330 e. The van der Waals surface area contributed by atoms with E-state index in [9.17, 15) is 4.39 Å². The highest BCUT2D eigenvalue weighted by atomic mass is 19.1. The molecule has 2 atom stereocenters. The van der Waals surface area contributed by atoms with E-state index in [1.807, 2.05) is 6.07 Å². The molecule has 20 heavy (non-hydrogen) atoms. The summed E-state index contributed by atoms with van der Waals surface area (Å²) in [6.07, 6.45) is 6.03. The molecule has 0 bridgehead atoms. The molecule has 1 aromatic heterocycles. The van der Waals surface area contributed by atoms with Crippen molar-refractivity contribution in [1.29, 1.82) is 0 Å². The number of hydrogen-bond donors (Lipinski definition) is 1. The van der Waals surface area contributed by atoms with Gasteiger partial charge in [0.2, 0.25) is 0 Å². The van der Waals surface area contributed by atoms with Gasteiger partial charge in [-0.2, -0.15) is 0 Å². The lowest BCUT2D eigenvalue weighted by Crippen LogP contribution is -2.20. The van der Waals surface area contributed by atoms with Crippen LogP contribution in [0.1, 0.15) is 49.9 Å². The third-order valence-electron chi connectivity index (χ3n) is 4.88. The minimum Gasteiger partial charge on any atom is -0.330 e. The Morgan fingerprint density at radius 3 is 2.85 bits per heavy atom. The van der Waals surface area contributed by atoms with Gasteiger partial charge in [0.1, 0.15) is 11.6 Å². The molecule has 0 amide bonds.